The van der Waals surface area contributed by atoms with Gasteiger partial charge in [-0.3, -0.25) is 4.99 Å². The van der Waals surface area contributed by atoms with Gasteiger partial charge < -0.3 is 9.64 Å². The maximum absolute atomic E-state index is 15.0. The van der Waals surface area contributed by atoms with Crippen LogP contribution in [0.5, 0.6) is 5.88 Å². The highest BCUT2D eigenvalue weighted by Gasteiger charge is 2.37. The number of alkyl halides is 1. The van der Waals surface area contributed by atoms with Gasteiger partial charge in [0.2, 0.25) is 5.88 Å². The molecule has 1 aliphatic carbocycles. The van der Waals surface area contributed by atoms with Gasteiger partial charge in [0.05, 0.1) is 30.7 Å². The van der Waals surface area contributed by atoms with Crippen molar-refractivity contribution >= 4 is 12.4 Å². The fraction of sp³-hybridized carbons (Fsp3) is 0.579. The van der Waals surface area contributed by atoms with Crippen LogP contribution in [0.4, 0.5) is 4.39 Å². The molecule has 0 aromatic carbocycles. The first-order valence-electron chi connectivity index (χ1n) is 8.71. The second kappa shape index (κ2) is 6.91. The molecule has 5 heteroatoms. The Morgan fingerprint density at radius 2 is 2.17 bits per heavy atom. The average molecular weight is 331 g/mol. The molecule has 1 fully saturated rings. The third-order valence-electron chi connectivity index (χ3n) is 5.38. The van der Waals surface area contributed by atoms with E-state index in [2.05, 4.69) is 21.6 Å². The summed E-state index contributed by atoms with van der Waals surface area (Å²) in [5.74, 6) is 0.590. The van der Waals surface area contributed by atoms with Gasteiger partial charge in [-0.1, -0.05) is 19.3 Å². The summed E-state index contributed by atoms with van der Waals surface area (Å²) in [6, 6.07) is 3.90. The molecule has 130 valence electrons. The van der Waals surface area contributed by atoms with Gasteiger partial charge in [0, 0.05) is 18.7 Å². The average Bonchev–Trinajstić information content (AvgIpc) is 2.85. The summed E-state index contributed by atoms with van der Waals surface area (Å²) in [5, 5.41) is 0. The van der Waals surface area contributed by atoms with Crippen LogP contribution in [0.3, 0.4) is 0 Å². The molecule has 1 aliphatic heterocycles. The molecule has 0 saturated heterocycles. The van der Waals surface area contributed by atoms with Gasteiger partial charge >= 0.3 is 0 Å². The zero-order valence-electron chi connectivity index (χ0n) is 14.6. The molecule has 4 nitrogen and oxygen atoms in total. The summed E-state index contributed by atoms with van der Waals surface area (Å²) in [4.78, 5) is 10.7. The number of fused-ring (bicyclic) bond motifs is 1. The summed E-state index contributed by atoms with van der Waals surface area (Å²) in [6.45, 7) is 3.56. The van der Waals surface area contributed by atoms with E-state index in [1.807, 2.05) is 19.2 Å². The molecule has 1 saturated carbocycles. The maximum Gasteiger partial charge on any atom is 0.213 e. The van der Waals surface area contributed by atoms with E-state index in [9.17, 15) is 0 Å². The Kier molecular flexibility index (Phi) is 4.88. The van der Waals surface area contributed by atoms with Crippen LogP contribution in [0.15, 0.2) is 23.3 Å². The second-order valence-corrected chi connectivity index (χ2v) is 6.86. The number of methoxy groups -OCH3 is 1. The molecule has 3 rings (SSSR count). The largest absolute Gasteiger partial charge is 0.481 e. The Bertz CT molecular complexity index is 637. The van der Waals surface area contributed by atoms with Crippen LogP contribution in [0.25, 0.3) is 5.70 Å². The predicted octanol–water partition coefficient (Wildman–Crippen LogP) is 4.53. The lowest BCUT2D eigenvalue weighted by molar-refractivity contribution is 0.0858. The third kappa shape index (κ3) is 3.17. The lowest BCUT2D eigenvalue weighted by Gasteiger charge is -2.32. The third-order valence-corrected chi connectivity index (χ3v) is 5.38. The Morgan fingerprint density at radius 1 is 1.42 bits per heavy atom. The van der Waals surface area contributed by atoms with Gasteiger partial charge in [-0.2, -0.15) is 0 Å². The number of aromatic nitrogens is 1. The Balaban J connectivity index is 1.85. The van der Waals surface area contributed by atoms with Crippen molar-refractivity contribution in [3.8, 4) is 5.88 Å². The maximum atomic E-state index is 15.0. The lowest BCUT2D eigenvalue weighted by Crippen LogP contribution is -2.28. The van der Waals surface area contributed by atoms with E-state index in [-0.39, 0.29) is 6.04 Å². The molecule has 2 aliphatic rings. The van der Waals surface area contributed by atoms with E-state index >= 15 is 4.39 Å². The molecule has 0 N–H and O–H groups in total. The van der Waals surface area contributed by atoms with Gasteiger partial charge in [-0.05, 0) is 38.5 Å². The van der Waals surface area contributed by atoms with Crippen molar-refractivity contribution in [1.29, 1.82) is 0 Å². The highest BCUT2D eigenvalue weighted by molar-refractivity contribution is 5.71. The van der Waals surface area contributed by atoms with Crippen LogP contribution in [-0.2, 0) is 0 Å². The van der Waals surface area contributed by atoms with Gasteiger partial charge in [0.15, 0.2) is 0 Å². The molecule has 1 atom stereocenters. The van der Waals surface area contributed by atoms with Crippen LogP contribution in [0, 0.1) is 0 Å². The predicted molar refractivity (Wildman–Crippen MR) is 95.0 cm³/mol. The highest BCUT2D eigenvalue weighted by Crippen LogP contribution is 2.45. The Labute approximate surface area is 143 Å². The van der Waals surface area contributed by atoms with Crippen molar-refractivity contribution in [2.75, 3.05) is 14.2 Å². The number of halogens is 1. The number of rotatable bonds is 5. The molecular weight excluding hydrogens is 305 g/mol. The van der Waals surface area contributed by atoms with E-state index in [4.69, 9.17) is 4.74 Å². The number of pyridine rings is 1. The summed E-state index contributed by atoms with van der Waals surface area (Å²) < 4.78 is 20.3. The fourth-order valence-corrected chi connectivity index (χ4v) is 3.99. The molecule has 1 aromatic heterocycles. The van der Waals surface area contributed by atoms with Crippen LogP contribution < -0.4 is 4.74 Å². The first kappa shape index (κ1) is 16.9. The van der Waals surface area contributed by atoms with Gasteiger partial charge in [0.25, 0.3) is 0 Å². The normalized spacial score (nSPS) is 24.0. The van der Waals surface area contributed by atoms with Crippen LogP contribution >= 0.6 is 0 Å². The van der Waals surface area contributed by atoms with E-state index in [1.54, 1.807) is 13.3 Å². The number of hydrogen-bond donors (Lipinski definition) is 0. The van der Waals surface area contributed by atoms with Crippen molar-refractivity contribution in [2.45, 2.75) is 56.7 Å². The zero-order valence-corrected chi connectivity index (χ0v) is 14.6. The van der Waals surface area contributed by atoms with Crippen LogP contribution in [0.2, 0.25) is 0 Å². The van der Waals surface area contributed by atoms with E-state index in [0.29, 0.717) is 25.1 Å². The zero-order chi connectivity index (χ0) is 17.2. The first-order valence-corrected chi connectivity index (χ1v) is 8.71. The van der Waals surface area contributed by atoms with Crippen LogP contribution in [0.1, 0.15) is 62.2 Å². The Hall–Kier alpha value is -1.91. The monoisotopic (exact) mass is 331 g/mol. The van der Waals surface area contributed by atoms with Crippen LogP contribution in [-0.4, -0.2) is 36.4 Å². The minimum Gasteiger partial charge on any atom is -0.481 e. The molecule has 24 heavy (non-hydrogen) atoms. The lowest BCUT2D eigenvalue weighted by atomic mass is 9.82. The number of hydrogen-bond acceptors (Lipinski definition) is 4. The van der Waals surface area contributed by atoms with E-state index < -0.39 is 5.67 Å². The van der Waals surface area contributed by atoms with Crippen molar-refractivity contribution < 1.29 is 9.13 Å². The number of aliphatic imine (C=N–C) groups is 1. The smallest absolute Gasteiger partial charge is 0.213 e. The molecule has 0 bridgehead atoms. The quantitative estimate of drug-likeness (QED) is 0.744. The molecule has 0 amide bonds. The fourth-order valence-electron chi connectivity index (χ4n) is 3.99. The Morgan fingerprint density at radius 3 is 2.83 bits per heavy atom. The molecule has 2 heterocycles. The SMILES string of the molecule is C=N/C=C1/c2ccc(OC)nc2[C@H](CCC2(F)CCCCC2)N1C. The van der Waals surface area contributed by atoms with Crippen molar-refractivity contribution in [1.82, 2.24) is 9.88 Å². The summed E-state index contributed by atoms with van der Waals surface area (Å²) in [5.41, 5.74) is 1.96. The minimum atomic E-state index is -1.01. The van der Waals surface area contributed by atoms with Gasteiger partial charge in [-0.25, -0.2) is 9.37 Å². The summed E-state index contributed by atoms with van der Waals surface area (Å²) in [7, 11) is 3.63. The second-order valence-electron chi connectivity index (χ2n) is 6.86. The molecule has 0 radical (unpaired) electrons. The number of ether oxygens (including phenoxy) is 1. The van der Waals surface area contributed by atoms with Crippen molar-refractivity contribution in [3.63, 3.8) is 0 Å². The molecule has 0 spiro atoms. The minimum absolute atomic E-state index is 0.0534. The first-order chi connectivity index (χ1) is 11.6. The summed E-state index contributed by atoms with van der Waals surface area (Å²) in [6.07, 6.45) is 7.63. The van der Waals surface area contributed by atoms with E-state index in [0.717, 1.165) is 42.6 Å². The molecular formula is C19H26FN3O. The van der Waals surface area contributed by atoms with Gasteiger partial charge in [0.1, 0.15) is 5.67 Å². The standard InChI is InChI=1S/C19H26FN3O/c1-21-13-16-14-7-8-17(24-3)22-18(14)15(23(16)2)9-12-19(20)10-5-4-6-11-19/h7-8,13,15H,1,4-6,9-12H2,2-3H3/b16-13-/t15-/m0/s1. The molecule has 1 aromatic rings. The van der Waals surface area contributed by atoms with Crippen molar-refractivity contribution in [3.05, 3.63) is 29.6 Å². The summed E-state index contributed by atoms with van der Waals surface area (Å²) >= 11 is 0. The highest BCUT2D eigenvalue weighted by atomic mass is 19.1. The number of nitrogens with zero attached hydrogens (tertiary/aromatic N) is 3. The van der Waals surface area contributed by atoms with Crippen molar-refractivity contribution in [2.24, 2.45) is 4.99 Å². The molecule has 0 unspecified atom stereocenters. The van der Waals surface area contributed by atoms with E-state index in [1.165, 1.54) is 0 Å². The van der Waals surface area contributed by atoms with Gasteiger partial charge in [-0.15, -0.1) is 0 Å². The topological polar surface area (TPSA) is 37.7 Å².